The largest absolute Gasteiger partial charge is 0.0616 e. The fraction of sp³-hybridized carbons (Fsp3) is 0. The molecule has 11 aromatic rings. The van der Waals surface area contributed by atoms with Crippen LogP contribution in [0.25, 0.3) is 122 Å². The summed E-state index contributed by atoms with van der Waals surface area (Å²) in [7, 11) is 0. The summed E-state index contributed by atoms with van der Waals surface area (Å²) in [5.74, 6) is 0. The minimum Gasteiger partial charge on any atom is -0.0616 e. The summed E-state index contributed by atoms with van der Waals surface area (Å²) >= 11 is 0. The summed E-state index contributed by atoms with van der Waals surface area (Å²) in [6.45, 7) is 0. The minimum absolute atomic E-state index is 1.17. The van der Waals surface area contributed by atoms with Gasteiger partial charge in [-0.05, 0) is 127 Å². The molecule has 0 fully saturated rings. The molecule has 0 aromatic heterocycles. The fourth-order valence-corrected chi connectivity index (χ4v) is 9.81. The lowest BCUT2D eigenvalue weighted by atomic mass is 9.85. The highest BCUT2D eigenvalue weighted by Crippen LogP contribution is 2.50. The molecule has 1 aliphatic carbocycles. The van der Waals surface area contributed by atoms with Gasteiger partial charge in [0.1, 0.15) is 0 Å². The minimum atomic E-state index is 1.17. The van der Waals surface area contributed by atoms with Gasteiger partial charge >= 0.3 is 0 Å². The Morgan fingerprint density at radius 3 is 1.43 bits per heavy atom. The third kappa shape index (κ3) is 5.02. The van der Waals surface area contributed by atoms with Gasteiger partial charge in [0.2, 0.25) is 0 Å². The molecular formula is C58H36. The number of benzene rings is 11. The van der Waals surface area contributed by atoms with Crippen LogP contribution in [0, 0.1) is 0 Å². The molecule has 0 heterocycles. The molecule has 0 heteroatoms. The maximum absolute atomic E-state index is 2.43. The Bertz CT molecular complexity index is 3420. The van der Waals surface area contributed by atoms with E-state index < -0.39 is 0 Å². The van der Waals surface area contributed by atoms with Gasteiger partial charge in [0.25, 0.3) is 0 Å². The number of rotatable bonds is 5. The fourth-order valence-electron chi connectivity index (χ4n) is 9.81. The summed E-state index contributed by atoms with van der Waals surface area (Å²) in [5, 5.41) is 12.8. The predicted molar refractivity (Wildman–Crippen MR) is 250 cm³/mol. The molecule has 0 radical (unpaired) electrons. The van der Waals surface area contributed by atoms with E-state index in [2.05, 4.69) is 218 Å². The van der Waals surface area contributed by atoms with Gasteiger partial charge < -0.3 is 0 Å². The van der Waals surface area contributed by atoms with Crippen LogP contribution >= 0.6 is 0 Å². The van der Waals surface area contributed by atoms with Crippen LogP contribution in [0.5, 0.6) is 0 Å². The standard InChI is InChI=1S/C58H36/c1-2-16-43-38(12-1)13-9-23-46(43)47-34-32-39(44-17-3-4-18-45(44)47)29-26-37-27-30-41(31-28-37)57-50-19-5-7-21-52(50)58(53-22-8-6-20-51(53)57)42-33-35-48-49-24-10-14-40-15-11-25-54(56(40)49)55(48)36-42/h1-36H. The average Bonchev–Trinajstić information content (AvgIpc) is 3.61. The molecule has 268 valence electrons. The van der Waals surface area contributed by atoms with Crippen molar-refractivity contribution in [2.24, 2.45) is 0 Å². The van der Waals surface area contributed by atoms with Crippen LogP contribution in [0.2, 0.25) is 0 Å². The molecule has 0 atom stereocenters. The van der Waals surface area contributed by atoms with E-state index in [4.69, 9.17) is 0 Å². The van der Waals surface area contributed by atoms with E-state index in [0.29, 0.717) is 0 Å². The van der Waals surface area contributed by atoms with Gasteiger partial charge in [-0.25, -0.2) is 0 Å². The molecule has 0 amide bonds. The molecule has 58 heavy (non-hydrogen) atoms. The smallest absolute Gasteiger partial charge is 0.00261 e. The highest BCUT2D eigenvalue weighted by molar-refractivity contribution is 6.22. The van der Waals surface area contributed by atoms with Crippen molar-refractivity contribution in [3.8, 4) is 55.6 Å². The summed E-state index contributed by atoms with van der Waals surface area (Å²) < 4.78 is 0. The van der Waals surface area contributed by atoms with E-state index in [1.807, 2.05) is 0 Å². The van der Waals surface area contributed by atoms with Crippen molar-refractivity contribution in [1.29, 1.82) is 0 Å². The van der Waals surface area contributed by atoms with E-state index in [0.717, 1.165) is 0 Å². The van der Waals surface area contributed by atoms with E-state index in [1.54, 1.807) is 0 Å². The maximum atomic E-state index is 2.43. The molecule has 0 saturated heterocycles. The Morgan fingerprint density at radius 1 is 0.259 bits per heavy atom. The second-order valence-corrected chi connectivity index (χ2v) is 15.5. The SMILES string of the molecule is C(=Cc1ccc(-c2cccc3ccccc23)c2ccccc12)c1ccc(-c2c3ccccc3c(-c3ccc4c(c3)-c3cccc5cccc-4c35)c3ccccc23)cc1. The predicted octanol–water partition coefficient (Wildman–Crippen LogP) is 16.3. The van der Waals surface area contributed by atoms with E-state index >= 15 is 0 Å². The average molecular weight is 733 g/mol. The van der Waals surface area contributed by atoms with Crippen molar-refractivity contribution < 1.29 is 0 Å². The van der Waals surface area contributed by atoms with Gasteiger partial charge in [-0.3, -0.25) is 0 Å². The first-order valence-corrected chi connectivity index (χ1v) is 20.2. The zero-order chi connectivity index (χ0) is 38.2. The van der Waals surface area contributed by atoms with Crippen LogP contribution in [0.3, 0.4) is 0 Å². The lowest BCUT2D eigenvalue weighted by molar-refractivity contribution is 1.63. The summed E-state index contributed by atoms with van der Waals surface area (Å²) in [4.78, 5) is 0. The lowest BCUT2D eigenvalue weighted by Gasteiger charge is -2.18. The molecular weight excluding hydrogens is 697 g/mol. The monoisotopic (exact) mass is 732 g/mol. The first kappa shape index (κ1) is 32.7. The first-order chi connectivity index (χ1) is 28.8. The Balaban J connectivity index is 0.936. The Hall–Kier alpha value is -7.54. The van der Waals surface area contributed by atoms with Gasteiger partial charge in [0.15, 0.2) is 0 Å². The highest BCUT2D eigenvalue weighted by Gasteiger charge is 2.23. The molecule has 0 aliphatic heterocycles. The third-order valence-corrected chi connectivity index (χ3v) is 12.4. The third-order valence-electron chi connectivity index (χ3n) is 12.4. The summed E-state index contributed by atoms with van der Waals surface area (Å²) in [5.41, 5.74) is 15.3. The molecule has 0 nitrogen and oxygen atoms in total. The first-order valence-electron chi connectivity index (χ1n) is 20.2. The van der Waals surface area contributed by atoms with Crippen molar-refractivity contribution in [2.75, 3.05) is 0 Å². The Labute approximate surface area is 337 Å². The van der Waals surface area contributed by atoms with Gasteiger partial charge in [0.05, 0.1) is 0 Å². The van der Waals surface area contributed by atoms with E-state index in [9.17, 15) is 0 Å². The van der Waals surface area contributed by atoms with Crippen LogP contribution in [-0.4, -0.2) is 0 Å². The zero-order valence-corrected chi connectivity index (χ0v) is 31.8. The van der Waals surface area contributed by atoms with E-state index in [1.165, 1.54) is 121 Å². The van der Waals surface area contributed by atoms with Crippen LogP contribution in [0.1, 0.15) is 11.1 Å². The number of fused-ring (bicyclic) bond motifs is 7. The van der Waals surface area contributed by atoms with Crippen molar-refractivity contribution in [1.82, 2.24) is 0 Å². The molecule has 12 rings (SSSR count). The molecule has 0 N–H and O–H groups in total. The second kappa shape index (κ2) is 13.0. The molecule has 1 aliphatic rings. The van der Waals surface area contributed by atoms with Crippen LogP contribution < -0.4 is 0 Å². The van der Waals surface area contributed by atoms with Crippen LogP contribution in [0.4, 0.5) is 0 Å². The molecule has 0 bridgehead atoms. The normalized spacial score (nSPS) is 12.1. The lowest BCUT2D eigenvalue weighted by Crippen LogP contribution is -1.91. The van der Waals surface area contributed by atoms with Gasteiger partial charge in [-0.15, -0.1) is 0 Å². The van der Waals surface area contributed by atoms with Gasteiger partial charge in [0, 0.05) is 0 Å². The van der Waals surface area contributed by atoms with Crippen molar-refractivity contribution in [3.05, 3.63) is 217 Å². The molecule has 0 spiro atoms. The Morgan fingerprint density at radius 2 is 0.741 bits per heavy atom. The molecule has 11 aromatic carbocycles. The molecule has 0 unspecified atom stereocenters. The van der Waals surface area contributed by atoms with Gasteiger partial charge in [-0.1, -0.05) is 212 Å². The quantitative estimate of drug-likeness (QED) is 0.122. The number of hydrogen-bond donors (Lipinski definition) is 0. The highest BCUT2D eigenvalue weighted by atomic mass is 14.3. The van der Waals surface area contributed by atoms with Crippen LogP contribution in [-0.2, 0) is 0 Å². The summed E-state index contributed by atoms with van der Waals surface area (Å²) in [6.07, 6.45) is 4.51. The maximum Gasteiger partial charge on any atom is -0.00261 e. The summed E-state index contributed by atoms with van der Waals surface area (Å²) in [6, 6.07) is 76.1. The van der Waals surface area contributed by atoms with E-state index in [-0.39, 0.29) is 0 Å². The zero-order valence-electron chi connectivity index (χ0n) is 31.8. The topological polar surface area (TPSA) is 0 Å². The van der Waals surface area contributed by atoms with Crippen molar-refractivity contribution >= 4 is 66.0 Å². The van der Waals surface area contributed by atoms with Gasteiger partial charge in [-0.2, -0.15) is 0 Å². The molecule has 0 saturated carbocycles. The van der Waals surface area contributed by atoms with Crippen LogP contribution in [0.15, 0.2) is 206 Å². The number of hydrogen-bond acceptors (Lipinski definition) is 0. The Kier molecular flexibility index (Phi) is 7.33. The van der Waals surface area contributed by atoms with Crippen molar-refractivity contribution in [2.45, 2.75) is 0 Å². The van der Waals surface area contributed by atoms with Crippen molar-refractivity contribution in [3.63, 3.8) is 0 Å². The second-order valence-electron chi connectivity index (χ2n) is 15.5.